The van der Waals surface area contributed by atoms with E-state index in [4.69, 9.17) is 9.47 Å². The van der Waals surface area contributed by atoms with E-state index in [9.17, 15) is 4.79 Å². The van der Waals surface area contributed by atoms with Crippen molar-refractivity contribution in [1.82, 2.24) is 0 Å². The highest BCUT2D eigenvalue weighted by atomic mass is 16.7. The van der Waals surface area contributed by atoms with Gasteiger partial charge >= 0.3 is 5.97 Å². The summed E-state index contributed by atoms with van der Waals surface area (Å²) in [5.41, 5.74) is 0. The van der Waals surface area contributed by atoms with Gasteiger partial charge in [-0.3, -0.25) is 0 Å². The van der Waals surface area contributed by atoms with Gasteiger partial charge in [0.05, 0.1) is 18.6 Å². The lowest BCUT2D eigenvalue weighted by atomic mass is 9.75. The highest BCUT2D eigenvalue weighted by molar-refractivity contribution is 5.78. The monoisotopic (exact) mass is 280 g/mol. The highest BCUT2D eigenvalue weighted by Crippen LogP contribution is 2.39. The molecule has 20 heavy (non-hydrogen) atoms. The Labute approximate surface area is 120 Å². The quantitative estimate of drug-likeness (QED) is 0.747. The Bertz CT molecular complexity index is 410. The first-order chi connectivity index (χ1) is 9.56. The molecule has 0 aromatic carbocycles. The summed E-state index contributed by atoms with van der Waals surface area (Å²) in [5, 5.41) is 7.94. The topological polar surface area (TPSA) is 60.2 Å². The van der Waals surface area contributed by atoms with Crippen LogP contribution in [0.25, 0.3) is 0 Å². The average Bonchev–Trinajstić information content (AvgIpc) is 2.95. The number of carbonyl (C=O) groups excluding carboxylic acids is 1. The molecular weight excluding hydrogens is 256 g/mol. The Hall–Kier alpha value is -0.970. The number of fused-ring (bicyclic) bond motifs is 1. The van der Waals surface area contributed by atoms with Gasteiger partial charge in [-0.15, -0.1) is 0 Å². The second-order valence-corrected chi connectivity index (χ2v) is 6.85. The first-order valence-electron chi connectivity index (χ1n) is 7.79. The predicted octanol–water partition coefficient (Wildman–Crippen LogP) is 2.80. The molecule has 0 radical (unpaired) electrons. The molecule has 112 valence electrons. The number of nitrogens with zero attached hydrogens (tertiary/aromatic N) is 2. The molecule has 2 heterocycles. The van der Waals surface area contributed by atoms with Crippen molar-refractivity contribution < 1.29 is 14.3 Å². The molecule has 5 nitrogen and oxygen atoms in total. The van der Waals surface area contributed by atoms with Crippen molar-refractivity contribution in [3.8, 4) is 0 Å². The summed E-state index contributed by atoms with van der Waals surface area (Å²) in [6.07, 6.45) is 3.27. The molecule has 2 aliphatic heterocycles. The van der Waals surface area contributed by atoms with Gasteiger partial charge in [0, 0.05) is 0 Å². The van der Waals surface area contributed by atoms with Crippen LogP contribution in [0.2, 0.25) is 0 Å². The van der Waals surface area contributed by atoms with Gasteiger partial charge in [0.25, 0.3) is 0 Å². The van der Waals surface area contributed by atoms with Crippen LogP contribution in [-0.2, 0) is 14.3 Å². The van der Waals surface area contributed by atoms with Crippen LogP contribution >= 0.6 is 0 Å². The lowest BCUT2D eigenvalue weighted by molar-refractivity contribution is -0.195. The predicted molar refractivity (Wildman–Crippen MR) is 73.1 cm³/mol. The molecule has 6 atom stereocenters. The number of azo groups is 1. The number of hydrogen-bond donors (Lipinski definition) is 0. The lowest BCUT2D eigenvalue weighted by Gasteiger charge is -2.38. The van der Waals surface area contributed by atoms with Crippen LogP contribution in [0.5, 0.6) is 0 Å². The third-order valence-corrected chi connectivity index (χ3v) is 5.00. The summed E-state index contributed by atoms with van der Waals surface area (Å²) in [7, 11) is 0. The van der Waals surface area contributed by atoms with Crippen LogP contribution in [-0.4, -0.2) is 30.9 Å². The molecule has 5 heteroatoms. The Balaban J connectivity index is 1.68. The number of rotatable bonds is 3. The van der Waals surface area contributed by atoms with Crippen LogP contribution in [0.3, 0.4) is 0 Å². The van der Waals surface area contributed by atoms with Gasteiger partial charge in [0.15, 0.2) is 6.04 Å². The smallest absolute Gasteiger partial charge is 0.335 e. The highest BCUT2D eigenvalue weighted by Gasteiger charge is 2.50. The van der Waals surface area contributed by atoms with Crippen molar-refractivity contribution in [1.29, 1.82) is 0 Å². The second kappa shape index (κ2) is 5.43. The fourth-order valence-corrected chi connectivity index (χ4v) is 3.72. The summed E-state index contributed by atoms with van der Waals surface area (Å²) in [4.78, 5) is 11.7. The Morgan fingerprint density at radius 1 is 1.35 bits per heavy atom. The first kappa shape index (κ1) is 14.0. The van der Waals surface area contributed by atoms with E-state index in [1.807, 2.05) is 0 Å². The summed E-state index contributed by atoms with van der Waals surface area (Å²) >= 11 is 0. The molecule has 0 N–H and O–H groups in total. The van der Waals surface area contributed by atoms with Crippen molar-refractivity contribution >= 4 is 5.97 Å². The summed E-state index contributed by atoms with van der Waals surface area (Å²) < 4.78 is 11.6. The van der Waals surface area contributed by atoms with Crippen LogP contribution in [0, 0.1) is 23.7 Å². The van der Waals surface area contributed by atoms with Gasteiger partial charge in [0.1, 0.15) is 0 Å². The minimum absolute atomic E-state index is 0.00690. The van der Waals surface area contributed by atoms with E-state index < -0.39 is 12.3 Å². The zero-order chi connectivity index (χ0) is 14.3. The van der Waals surface area contributed by atoms with E-state index in [0.29, 0.717) is 24.3 Å². The van der Waals surface area contributed by atoms with Crippen LogP contribution in [0.15, 0.2) is 10.2 Å². The standard InChI is InChI=1S/C15H24N2O3/c1-8(2)10-5-4-9(3)6-12(10)19-15-11-7-16-17-13(11)14(18)20-15/h8-13,15H,4-7H2,1-3H3/t9-,10+,11+,12-,13-,15-/m0/s1. The Morgan fingerprint density at radius 3 is 2.90 bits per heavy atom. The number of carbonyl (C=O) groups is 1. The van der Waals surface area contributed by atoms with Gasteiger partial charge in [-0.05, 0) is 30.6 Å². The fraction of sp³-hybridized carbons (Fsp3) is 0.933. The molecule has 1 saturated heterocycles. The number of cyclic esters (lactones) is 1. The maximum Gasteiger partial charge on any atom is 0.335 e. The number of ether oxygens (including phenoxy) is 2. The summed E-state index contributed by atoms with van der Waals surface area (Å²) in [6, 6.07) is -0.418. The molecule has 0 unspecified atom stereocenters. The van der Waals surface area contributed by atoms with Gasteiger partial charge < -0.3 is 9.47 Å². The van der Waals surface area contributed by atoms with Crippen LogP contribution in [0.4, 0.5) is 0 Å². The fourth-order valence-electron chi connectivity index (χ4n) is 3.72. The molecule has 3 rings (SSSR count). The van der Waals surface area contributed by atoms with Crippen molar-refractivity contribution in [3.05, 3.63) is 0 Å². The maximum absolute atomic E-state index is 11.7. The van der Waals surface area contributed by atoms with Crippen LogP contribution < -0.4 is 0 Å². The van der Waals surface area contributed by atoms with Gasteiger partial charge in [-0.25, -0.2) is 4.79 Å². The van der Waals surface area contributed by atoms with E-state index in [-0.39, 0.29) is 18.0 Å². The zero-order valence-electron chi connectivity index (χ0n) is 12.5. The van der Waals surface area contributed by atoms with E-state index in [2.05, 4.69) is 31.0 Å². The molecule has 0 aromatic heterocycles. The summed E-state index contributed by atoms with van der Waals surface area (Å²) in [5.74, 6) is 1.55. The van der Waals surface area contributed by atoms with Crippen molar-refractivity contribution in [2.75, 3.05) is 6.54 Å². The normalized spacial score (nSPS) is 43.9. The number of hydrogen-bond acceptors (Lipinski definition) is 5. The summed E-state index contributed by atoms with van der Waals surface area (Å²) in [6.45, 7) is 7.33. The molecule has 0 amide bonds. The lowest BCUT2D eigenvalue weighted by Crippen LogP contribution is -2.39. The van der Waals surface area contributed by atoms with E-state index >= 15 is 0 Å². The average molecular weight is 280 g/mol. The number of esters is 1. The van der Waals surface area contributed by atoms with Gasteiger partial charge in [-0.1, -0.05) is 27.2 Å². The zero-order valence-corrected chi connectivity index (χ0v) is 12.5. The van der Waals surface area contributed by atoms with Crippen LogP contribution in [0.1, 0.15) is 40.0 Å². The molecule has 2 fully saturated rings. The third-order valence-electron chi connectivity index (χ3n) is 5.00. The minimum atomic E-state index is -0.445. The molecule has 0 spiro atoms. The first-order valence-corrected chi connectivity index (χ1v) is 7.79. The Kier molecular flexibility index (Phi) is 3.80. The molecule has 0 aromatic rings. The SMILES string of the molecule is CC(C)[C@H]1CC[C@H](C)C[C@@H]1O[C@H]1OC(=O)[C@H]2N=NC[C@@H]12. The van der Waals surface area contributed by atoms with Crippen molar-refractivity contribution in [2.45, 2.75) is 58.5 Å². The van der Waals surface area contributed by atoms with E-state index in [1.165, 1.54) is 12.8 Å². The van der Waals surface area contributed by atoms with E-state index in [1.54, 1.807) is 0 Å². The molecular formula is C15H24N2O3. The molecule has 3 aliphatic rings. The van der Waals surface area contributed by atoms with Gasteiger partial charge in [-0.2, -0.15) is 10.2 Å². The van der Waals surface area contributed by atoms with Crippen molar-refractivity contribution in [2.24, 2.45) is 33.9 Å². The Morgan fingerprint density at radius 2 is 2.15 bits per heavy atom. The minimum Gasteiger partial charge on any atom is -0.434 e. The molecule has 1 aliphatic carbocycles. The molecule has 1 saturated carbocycles. The maximum atomic E-state index is 11.7. The van der Waals surface area contributed by atoms with E-state index in [0.717, 1.165) is 6.42 Å². The van der Waals surface area contributed by atoms with Crippen molar-refractivity contribution in [3.63, 3.8) is 0 Å². The third kappa shape index (κ3) is 2.48. The second-order valence-electron chi connectivity index (χ2n) is 6.85. The largest absolute Gasteiger partial charge is 0.434 e. The molecule has 0 bridgehead atoms. The van der Waals surface area contributed by atoms with Gasteiger partial charge in [0.2, 0.25) is 6.29 Å².